The Morgan fingerprint density at radius 1 is 1.30 bits per heavy atom. The van der Waals surface area contributed by atoms with Gasteiger partial charge in [-0.15, -0.1) is 0 Å². The van der Waals surface area contributed by atoms with Crippen molar-refractivity contribution in [2.45, 2.75) is 25.7 Å². The Morgan fingerprint density at radius 3 is 2.70 bits per heavy atom. The largest absolute Gasteiger partial charge is 0.505 e. The van der Waals surface area contributed by atoms with Crippen molar-refractivity contribution in [1.29, 1.82) is 0 Å². The lowest BCUT2D eigenvalue weighted by molar-refractivity contribution is -0.135. The zero-order valence-corrected chi connectivity index (χ0v) is 12.6. The lowest BCUT2D eigenvalue weighted by Gasteiger charge is -2.15. The van der Waals surface area contributed by atoms with Gasteiger partial charge in [0.2, 0.25) is 0 Å². The van der Waals surface area contributed by atoms with Crippen molar-refractivity contribution < 1.29 is 19.8 Å². The van der Waals surface area contributed by atoms with Crippen LogP contribution in [0.5, 0.6) is 5.75 Å². The number of aromatic nitrogens is 2. The normalized spacial score (nSPS) is 13.8. The van der Waals surface area contributed by atoms with Crippen LogP contribution < -0.4 is 10.9 Å². The van der Waals surface area contributed by atoms with Gasteiger partial charge in [0.15, 0.2) is 5.75 Å². The van der Waals surface area contributed by atoms with Crippen LogP contribution in [0.4, 0.5) is 0 Å². The molecule has 0 saturated heterocycles. The van der Waals surface area contributed by atoms with Gasteiger partial charge >= 0.3 is 5.97 Å². The molecule has 0 atom stereocenters. The van der Waals surface area contributed by atoms with Crippen molar-refractivity contribution in [1.82, 2.24) is 14.5 Å². The fourth-order valence-corrected chi connectivity index (χ4v) is 3.12. The summed E-state index contributed by atoms with van der Waals surface area (Å²) in [6.45, 7) is -0.621. The van der Waals surface area contributed by atoms with Crippen LogP contribution in [0.3, 0.4) is 0 Å². The first-order valence-corrected chi connectivity index (χ1v) is 7.37. The van der Waals surface area contributed by atoms with Gasteiger partial charge in [0, 0.05) is 12.7 Å². The van der Waals surface area contributed by atoms with Gasteiger partial charge in [0.25, 0.3) is 11.5 Å². The molecule has 3 rings (SSSR count). The Balaban J connectivity index is 2.19. The van der Waals surface area contributed by atoms with Gasteiger partial charge in [0.05, 0.1) is 0 Å². The minimum atomic E-state index is -1.23. The molecule has 8 nitrogen and oxygen atoms in total. The third-order valence-electron chi connectivity index (χ3n) is 4.19. The second-order valence-corrected chi connectivity index (χ2v) is 5.65. The number of fused-ring (bicyclic) bond motifs is 3. The van der Waals surface area contributed by atoms with E-state index in [2.05, 4.69) is 5.32 Å². The van der Waals surface area contributed by atoms with Crippen LogP contribution in [0.2, 0.25) is 0 Å². The van der Waals surface area contributed by atoms with E-state index in [-0.39, 0.29) is 0 Å². The monoisotopic (exact) mass is 319 g/mol. The molecule has 1 amide bonds. The van der Waals surface area contributed by atoms with E-state index >= 15 is 0 Å². The van der Waals surface area contributed by atoms with Crippen molar-refractivity contribution in [2.75, 3.05) is 6.54 Å². The number of carboxylic acid groups (broad SMARTS) is 1. The maximum atomic E-state index is 12.4. The molecule has 0 fully saturated rings. The molecule has 0 radical (unpaired) electrons. The smallest absolute Gasteiger partial charge is 0.322 e. The first kappa shape index (κ1) is 15.1. The summed E-state index contributed by atoms with van der Waals surface area (Å²) in [4.78, 5) is 35.1. The number of carbonyl (C=O) groups excluding carboxylic acids is 1. The predicted molar refractivity (Wildman–Crippen MR) is 80.9 cm³/mol. The van der Waals surface area contributed by atoms with E-state index in [0.717, 1.165) is 36.9 Å². The second-order valence-electron chi connectivity index (χ2n) is 5.65. The Bertz CT molecular complexity index is 878. The minimum absolute atomic E-state index is 0.388. The van der Waals surface area contributed by atoms with Crippen molar-refractivity contribution >= 4 is 17.4 Å². The highest BCUT2D eigenvalue weighted by Crippen LogP contribution is 2.30. The van der Waals surface area contributed by atoms with E-state index < -0.39 is 35.3 Å². The number of rotatable bonds is 3. The molecule has 0 bridgehead atoms. The van der Waals surface area contributed by atoms with E-state index in [4.69, 9.17) is 5.11 Å². The molecule has 2 heterocycles. The quantitative estimate of drug-likeness (QED) is 0.739. The Hall–Kier alpha value is -2.77. The lowest BCUT2D eigenvalue weighted by atomic mass is 9.98. The summed E-state index contributed by atoms with van der Waals surface area (Å²) in [6, 6.07) is 1.79. The van der Waals surface area contributed by atoms with Crippen LogP contribution in [0.15, 0.2) is 10.9 Å². The Kier molecular flexibility index (Phi) is 3.59. The van der Waals surface area contributed by atoms with E-state index in [1.54, 1.807) is 10.6 Å². The van der Waals surface area contributed by atoms with Crippen LogP contribution in [0.25, 0.3) is 5.52 Å². The molecule has 23 heavy (non-hydrogen) atoms. The summed E-state index contributed by atoms with van der Waals surface area (Å²) in [5.74, 6) is -2.54. The molecule has 1 aliphatic carbocycles. The molecule has 0 aliphatic heterocycles. The predicted octanol–water partition coefficient (Wildman–Crippen LogP) is 0.0368. The molecule has 3 N–H and O–H groups in total. The first-order valence-electron chi connectivity index (χ1n) is 7.37. The van der Waals surface area contributed by atoms with Crippen LogP contribution in [-0.4, -0.2) is 37.8 Å². The number of carboxylic acids is 1. The van der Waals surface area contributed by atoms with Crippen molar-refractivity contribution in [3.8, 4) is 5.75 Å². The number of aliphatic carboxylic acids is 1. The maximum Gasteiger partial charge on any atom is 0.322 e. The molecule has 2 aromatic rings. The number of nitrogens with one attached hydrogen (secondary N) is 1. The number of carbonyl (C=O) groups is 2. The standard InChI is InChI=1S/C15H17N3O5/c1-17-15(23)12(14(22)16-7-11(19)20)13(21)10-6-8-4-2-3-5-9(8)18(10)17/h6,21H,2-5,7H2,1H3,(H,16,22)(H,19,20). The van der Waals surface area contributed by atoms with Gasteiger partial charge in [0.1, 0.15) is 17.6 Å². The molecular weight excluding hydrogens is 302 g/mol. The molecular formula is C15H17N3O5. The molecule has 0 spiro atoms. The number of nitrogens with zero attached hydrogens (tertiary/aromatic N) is 2. The average molecular weight is 319 g/mol. The van der Waals surface area contributed by atoms with Gasteiger partial charge in [-0.3, -0.25) is 18.9 Å². The van der Waals surface area contributed by atoms with Gasteiger partial charge in [-0.05, 0) is 37.3 Å². The zero-order valence-electron chi connectivity index (χ0n) is 12.6. The van der Waals surface area contributed by atoms with Gasteiger partial charge in [-0.25, -0.2) is 4.68 Å². The van der Waals surface area contributed by atoms with Crippen LogP contribution in [-0.2, 0) is 24.7 Å². The molecule has 1 aliphatic rings. The van der Waals surface area contributed by atoms with E-state index in [0.29, 0.717) is 5.52 Å². The Labute approximate surface area is 130 Å². The van der Waals surface area contributed by atoms with Gasteiger partial charge < -0.3 is 15.5 Å². The highest BCUT2D eigenvalue weighted by Gasteiger charge is 2.25. The van der Waals surface area contributed by atoms with Crippen molar-refractivity contribution in [2.24, 2.45) is 7.05 Å². The van der Waals surface area contributed by atoms with E-state index in [1.165, 1.54) is 11.7 Å². The SMILES string of the molecule is Cn1c(=O)c(C(=O)NCC(=O)O)c(O)c2cc3c(n21)CCCC3. The summed E-state index contributed by atoms with van der Waals surface area (Å²) in [5.41, 5.74) is 1.32. The second kappa shape index (κ2) is 5.45. The highest BCUT2D eigenvalue weighted by molar-refractivity contribution is 5.99. The minimum Gasteiger partial charge on any atom is -0.505 e. The molecule has 0 aromatic carbocycles. The number of hydrogen-bond acceptors (Lipinski definition) is 4. The van der Waals surface area contributed by atoms with Crippen LogP contribution >= 0.6 is 0 Å². The third kappa shape index (κ3) is 2.36. The highest BCUT2D eigenvalue weighted by atomic mass is 16.4. The summed E-state index contributed by atoms with van der Waals surface area (Å²) < 4.78 is 2.93. The number of aryl methyl sites for hydroxylation is 3. The fraction of sp³-hybridized carbons (Fsp3) is 0.400. The zero-order chi connectivity index (χ0) is 16.7. The lowest BCUT2D eigenvalue weighted by Crippen LogP contribution is -2.37. The molecule has 0 unspecified atom stereocenters. The first-order chi connectivity index (χ1) is 10.9. The average Bonchev–Trinajstić information content (AvgIpc) is 2.91. The molecule has 122 valence electrons. The van der Waals surface area contributed by atoms with Crippen molar-refractivity contribution in [3.63, 3.8) is 0 Å². The number of hydrogen-bond donors (Lipinski definition) is 3. The maximum absolute atomic E-state index is 12.4. The molecule has 8 heteroatoms. The number of aromatic hydroxyl groups is 1. The summed E-state index contributed by atoms with van der Waals surface area (Å²) >= 11 is 0. The molecule has 0 saturated carbocycles. The summed E-state index contributed by atoms with van der Waals surface area (Å²) in [6.07, 6.45) is 3.73. The van der Waals surface area contributed by atoms with Gasteiger partial charge in [-0.2, -0.15) is 0 Å². The van der Waals surface area contributed by atoms with Crippen LogP contribution in [0, 0.1) is 0 Å². The van der Waals surface area contributed by atoms with E-state index in [1.807, 2.05) is 0 Å². The summed E-state index contributed by atoms with van der Waals surface area (Å²) in [7, 11) is 1.53. The summed E-state index contributed by atoms with van der Waals surface area (Å²) in [5, 5.41) is 21.1. The Morgan fingerprint density at radius 2 is 2.00 bits per heavy atom. The topological polar surface area (TPSA) is 113 Å². The van der Waals surface area contributed by atoms with Gasteiger partial charge in [-0.1, -0.05) is 0 Å². The van der Waals surface area contributed by atoms with Crippen molar-refractivity contribution in [3.05, 3.63) is 33.2 Å². The van der Waals surface area contributed by atoms with E-state index in [9.17, 15) is 19.5 Å². The third-order valence-corrected chi connectivity index (χ3v) is 4.19. The number of amides is 1. The fourth-order valence-electron chi connectivity index (χ4n) is 3.12. The molecule has 2 aromatic heterocycles. The van der Waals surface area contributed by atoms with Crippen LogP contribution in [0.1, 0.15) is 34.5 Å².